The van der Waals surface area contributed by atoms with Gasteiger partial charge in [-0.2, -0.15) is 0 Å². The van der Waals surface area contributed by atoms with Crippen molar-refractivity contribution in [1.29, 1.82) is 0 Å². The van der Waals surface area contributed by atoms with E-state index in [0.29, 0.717) is 6.61 Å². The van der Waals surface area contributed by atoms with Crippen LogP contribution >= 0.6 is 0 Å². The minimum Gasteiger partial charge on any atom is -0.481 e. The van der Waals surface area contributed by atoms with E-state index in [-0.39, 0.29) is 35.7 Å². The highest BCUT2D eigenvalue weighted by Crippen LogP contribution is 2.46. The summed E-state index contributed by atoms with van der Waals surface area (Å²) >= 11 is 0. The average Bonchev–Trinajstić information content (AvgIpc) is 2.76. The molecule has 0 aromatic rings. The van der Waals surface area contributed by atoms with E-state index in [1.807, 2.05) is 13.8 Å². The molecule has 2 aliphatic carbocycles. The zero-order chi connectivity index (χ0) is 25.9. The smallest absolute Gasteiger partial charge is 0.308 e. The number of carboxylic acid groups (broad SMARTS) is 1. The van der Waals surface area contributed by atoms with Crippen molar-refractivity contribution in [2.45, 2.75) is 117 Å². The fraction of sp³-hybridized carbons (Fsp3) is 0.889. The average molecular weight is 495 g/mol. The number of rotatable bonds is 10. The third kappa shape index (κ3) is 6.56. The molecule has 4 atom stereocenters. The van der Waals surface area contributed by atoms with Gasteiger partial charge in [-0.3, -0.25) is 14.4 Å². The lowest BCUT2D eigenvalue weighted by Gasteiger charge is -2.45. The molecule has 0 bridgehead atoms. The molecule has 3 rings (SSSR count). The van der Waals surface area contributed by atoms with E-state index in [9.17, 15) is 19.5 Å². The summed E-state index contributed by atoms with van der Waals surface area (Å²) in [7, 11) is 0. The minimum atomic E-state index is -0.937. The highest BCUT2D eigenvalue weighted by atomic mass is 16.7. The normalized spacial score (nSPS) is 29.9. The summed E-state index contributed by atoms with van der Waals surface area (Å²) in [6.45, 7) is 9.88. The Hall–Kier alpha value is -1.67. The molecule has 8 nitrogen and oxygen atoms in total. The van der Waals surface area contributed by atoms with Crippen LogP contribution in [0.25, 0.3) is 0 Å². The maximum absolute atomic E-state index is 13.3. The summed E-state index contributed by atoms with van der Waals surface area (Å²) in [5.74, 6) is -3.02. The highest BCUT2D eigenvalue weighted by Gasteiger charge is 2.47. The Balaban J connectivity index is 1.66. The molecule has 1 heterocycles. The molecular weight excluding hydrogens is 448 g/mol. The number of hydrogen-bond acceptors (Lipinski definition) is 5. The molecule has 2 saturated carbocycles. The summed E-state index contributed by atoms with van der Waals surface area (Å²) in [5, 5.41) is 16.2. The second-order valence-corrected chi connectivity index (χ2v) is 12.1. The molecule has 1 aliphatic heterocycles. The third-order valence-electron chi connectivity index (χ3n) is 8.41. The van der Waals surface area contributed by atoms with Gasteiger partial charge in [0.05, 0.1) is 12.5 Å². The van der Waals surface area contributed by atoms with Crippen molar-refractivity contribution >= 4 is 17.8 Å². The van der Waals surface area contributed by atoms with Gasteiger partial charge in [-0.25, -0.2) is 0 Å². The van der Waals surface area contributed by atoms with E-state index in [1.54, 1.807) is 13.8 Å². The maximum atomic E-state index is 13.3. The molecule has 2 amide bonds. The van der Waals surface area contributed by atoms with Crippen LogP contribution < -0.4 is 10.6 Å². The number of unbranched alkanes of at least 4 members (excludes halogenated alkanes) is 1. The Bertz CT molecular complexity index is 776. The monoisotopic (exact) mass is 494 g/mol. The van der Waals surface area contributed by atoms with Crippen LogP contribution in [-0.4, -0.2) is 54.0 Å². The Morgan fingerprint density at radius 2 is 1.74 bits per heavy atom. The van der Waals surface area contributed by atoms with E-state index in [1.165, 1.54) is 0 Å². The molecule has 200 valence electrons. The lowest BCUT2D eigenvalue weighted by molar-refractivity contribution is -0.304. The van der Waals surface area contributed by atoms with Crippen molar-refractivity contribution in [2.24, 2.45) is 22.7 Å². The van der Waals surface area contributed by atoms with Gasteiger partial charge in [0.15, 0.2) is 5.79 Å². The van der Waals surface area contributed by atoms with Gasteiger partial charge >= 0.3 is 5.97 Å². The largest absolute Gasteiger partial charge is 0.481 e. The second-order valence-electron chi connectivity index (χ2n) is 12.1. The summed E-state index contributed by atoms with van der Waals surface area (Å²) < 4.78 is 11.6. The van der Waals surface area contributed by atoms with Crippen molar-refractivity contribution in [2.75, 3.05) is 13.2 Å². The number of ether oxygens (including phenoxy) is 2. The lowest BCUT2D eigenvalue weighted by atomic mass is 9.64. The first-order chi connectivity index (χ1) is 16.4. The fourth-order valence-electron chi connectivity index (χ4n) is 5.90. The molecule has 8 heteroatoms. The molecule has 35 heavy (non-hydrogen) atoms. The van der Waals surface area contributed by atoms with Crippen LogP contribution in [0.1, 0.15) is 98.8 Å². The van der Waals surface area contributed by atoms with E-state index < -0.39 is 29.2 Å². The quantitative estimate of drug-likeness (QED) is 0.423. The number of hydrogen-bond donors (Lipinski definition) is 3. The molecule has 0 aromatic heterocycles. The lowest BCUT2D eigenvalue weighted by Crippen LogP contribution is -2.58. The molecular formula is C27H46N2O6. The van der Waals surface area contributed by atoms with Gasteiger partial charge in [0, 0.05) is 23.4 Å². The first-order valence-electron chi connectivity index (χ1n) is 13.5. The van der Waals surface area contributed by atoms with Gasteiger partial charge in [0.25, 0.3) is 0 Å². The van der Waals surface area contributed by atoms with Crippen molar-refractivity contribution in [1.82, 2.24) is 10.6 Å². The molecule has 3 fully saturated rings. The Labute approximate surface area is 210 Å². The van der Waals surface area contributed by atoms with E-state index in [2.05, 4.69) is 17.6 Å². The number of carbonyl (C=O) groups is 3. The van der Waals surface area contributed by atoms with Gasteiger partial charge in [-0.1, -0.05) is 52.9 Å². The maximum Gasteiger partial charge on any atom is 0.308 e. The Kier molecular flexibility index (Phi) is 8.90. The van der Waals surface area contributed by atoms with Gasteiger partial charge in [0.1, 0.15) is 6.10 Å². The van der Waals surface area contributed by atoms with E-state index in [4.69, 9.17) is 9.47 Å². The molecule has 3 aliphatic rings. The number of carboxylic acids is 1. The standard InChI is InChI=1S/C27H46N2O6/c1-6-7-13-27(14-10-15-27)24(33)29-20-12-9-8-11-18(20)19(23(31)32)16-28-22(30)21-25(2,3)17-34-26(4,5)35-21/h18-21H,6-17H2,1-5H3,(H,28,30)(H,29,33)(H,31,32). The minimum absolute atomic E-state index is 0.0173. The van der Waals surface area contributed by atoms with Crippen LogP contribution in [0.4, 0.5) is 0 Å². The Morgan fingerprint density at radius 1 is 1.06 bits per heavy atom. The highest BCUT2D eigenvalue weighted by molar-refractivity contribution is 5.84. The molecule has 0 spiro atoms. The predicted molar refractivity (Wildman–Crippen MR) is 133 cm³/mol. The van der Waals surface area contributed by atoms with E-state index >= 15 is 0 Å². The van der Waals surface area contributed by atoms with Crippen LogP contribution in [0.3, 0.4) is 0 Å². The fourth-order valence-corrected chi connectivity index (χ4v) is 5.90. The summed E-state index contributed by atoms with van der Waals surface area (Å²) in [4.78, 5) is 38.7. The molecule has 3 N–H and O–H groups in total. The van der Waals surface area contributed by atoms with Crippen LogP contribution in [0.15, 0.2) is 0 Å². The first kappa shape index (κ1) is 27.9. The van der Waals surface area contributed by atoms with Crippen LogP contribution in [0.2, 0.25) is 0 Å². The number of carbonyl (C=O) groups excluding carboxylic acids is 2. The van der Waals surface area contributed by atoms with Crippen LogP contribution in [-0.2, 0) is 23.9 Å². The SMILES string of the molecule is CCCCC1(C(=O)NC2CCCCC2C(CNC(=O)C2OC(C)(C)OCC2(C)C)C(=O)O)CCC1. The summed E-state index contributed by atoms with van der Waals surface area (Å²) in [6.07, 6.45) is 8.60. The van der Waals surface area contributed by atoms with Gasteiger partial charge in [-0.05, 0) is 51.9 Å². The molecule has 0 radical (unpaired) electrons. The topological polar surface area (TPSA) is 114 Å². The van der Waals surface area contributed by atoms with Crippen molar-refractivity contribution in [3.63, 3.8) is 0 Å². The van der Waals surface area contributed by atoms with E-state index in [0.717, 1.165) is 64.2 Å². The number of aliphatic carboxylic acids is 1. The third-order valence-corrected chi connectivity index (χ3v) is 8.41. The Morgan fingerprint density at radius 3 is 2.34 bits per heavy atom. The zero-order valence-electron chi connectivity index (χ0n) is 22.3. The zero-order valence-corrected chi connectivity index (χ0v) is 22.3. The predicted octanol–water partition coefficient (Wildman–Crippen LogP) is 4.02. The van der Waals surface area contributed by atoms with Crippen molar-refractivity contribution in [3.05, 3.63) is 0 Å². The van der Waals surface area contributed by atoms with Crippen molar-refractivity contribution < 1.29 is 29.0 Å². The summed E-state index contributed by atoms with van der Waals surface area (Å²) in [5.41, 5.74) is -0.807. The van der Waals surface area contributed by atoms with Crippen LogP contribution in [0.5, 0.6) is 0 Å². The summed E-state index contributed by atoms with van der Waals surface area (Å²) in [6, 6.07) is -0.178. The van der Waals surface area contributed by atoms with Gasteiger partial charge < -0.3 is 25.2 Å². The number of nitrogens with one attached hydrogen (secondary N) is 2. The van der Waals surface area contributed by atoms with Gasteiger partial charge in [-0.15, -0.1) is 0 Å². The van der Waals surface area contributed by atoms with Crippen LogP contribution in [0, 0.1) is 22.7 Å². The molecule has 0 aromatic carbocycles. The first-order valence-corrected chi connectivity index (χ1v) is 13.5. The van der Waals surface area contributed by atoms with Crippen molar-refractivity contribution in [3.8, 4) is 0 Å². The molecule has 1 saturated heterocycles. The second kappa shape index (κ2) is 11.2. The molecule has 4 unspecified atom stereocenters. The van der Waals surface area contributed by atoms with Gasteiger partial charge in [0.2, 0.25) is 11.8 Å². The number of amides is 2.